The summed E-state index contributed by atoms with van der Waals surface area (Å²) in [5, 5.41) is 5.23. The Hall–Kier alpha value is -8.13. The summed E-state index contributed by atoms with van der Waals surface area (Å²) in [7, 11) is -1.67. The smallest absolute Gasteiger partial charge is 0.304 e. The molecule has 6 heterocycles. The van der Waals surface area contributed by atoms with Crippen LogP contribution >= 0.6 is 0 Å². The number of aromatic nitrogens is 3. The van der Waals surface area contributed by atoms with E-state index < -0.39 is 8.07 Å². The molecule has 342 valence electrons. The Morgan fingerprint density at radius 1 is 0.620 bits per heavy atom. The Balaban J connectivity index is 1.03. The van der Waals surface area contributed by atoms with Crippen LogP contribution in [0.15, 0.2) is 204 Å². The number of nitrogens with zero attached hydrogens (tertiary/aromatic N) is 3. The van der Waals surface area contributed by atoms with Crippen molar-refractivity contribution in [2.24, 2.45) is 0 Å². The number of rotatable bonds is 4. The van der Waals surface area contributed by atoms with Crippen molar-refractivity contribution in [2.75, 3.05) is 0 Å². The number of imidazole rings is 1. The molecule has 2 atom stereocenters. The molecule has 0 aliphatic carbocycles. The Bertz CT molecular complexity index is 4190. The number of allylic oxidation sites excluding steroid dienone is 1. The van der Waals surface area contributed by atoms with Gasteiger partial charge >= 0.3 is 5.82 Å². The average Bonchev–Trinajstić information content (AvgIpc) is 4.07. The molecule has 0 spiro atoms. The summed E-state index contributed by atoms with van der Waals surface area (Å²) in [6, 6.07) is 64.4. The molecule has 14 rings (SSSR count). The van der Waals surface area contributed by atoms with Crippen LogP contribution < -0.4 is 14.3 Å². The quantitative estimate of drug-likeness (QED) is 0.130. The molecular formula is C64H50FN3O2Si+2. The van der Waals surface area contributed by atoms with Crippen molar-refractivity contribution < 1.29 is 22.4 Å². The molecule has 0 saturated carbocycles. The van der Waals surface area contributed by atoms with Gasteiger partial charge in [-0.05, 0) is 107 Å². The fourth-order valence-electron chi connectivity index (χ4n) is 12.1. The normalized spacial score (nSPS) is 15.7. The third-order valence-electron chi connectivity index (χ3n) is 15.5. The summed E-state index contributed by atoms with van der Waals surface area (Å²) in [4.78, 5) is 0. The van der Waals surface area contributed by atoms with Gasteiger partial charge in [-0.25, -0.2) is 4.39 Å². The molecule has 5 nitrogen and oxygen atoms in total. The van der Waals surface area contributed by atoms with Gasteiger partial charge in [0.1, 0.15) is 39.5 Å². The second kappa shape index (κ2) is 15.7. The van der Waals surface area contributed by atoms with Gasteiger partial charge in [0.25, 0.3) is 0 Å². The monoisotopic (exact) mass is 939 g/mol. The summed E-state index contributed by atoms with van der Waals surface area (Å²) in [6.07, 6.45) is 5.02. The first-order valence-corrected chi connectivity index (χ1v) is 28.3. The van der Waals surface area contributed by atoms with Crippen LogP contribution in [-0.4, -0.2) is 12.6 Å². The predicted octanol–water partition coefficient (Wildman–Crippen LogP) is 15.5. The molecule has 8 aromatic carbocycles. The van der Waals surface area contributed by atoms with Crippen LogP contribution in [0.3, 0.4) is 0 Å². The van der Waals surface area contributed by atoms with Crippen LogP contribution in [0.25, 0.3) is 111 Å². The highest BCUT2D eigenvalue weighted by Gasteiger charge is 2.44. The lowest BCUT2D eigenvalue weighted by atomic mass is 9.77. The Labute approximate surface area is 412 Å². The van der Waals surface area contributed by atoms with Crippen LogP contribution in [0.4, 0.5) is 4.39 Å². The SMILES string of the molecule is C=C1CC2C(CCc3ccc4c(oc5cc(-c6ccc7c(c6)oc6ccc(F)cc67)ccc54)c3-c3n(-c4ccccc4-c4ccccc4)c4ccccc4[n+]31)c1ccccc1-c1ccc([Si](C)(C)C)c[n+]12. The minimum absolute atomic E-state index is 0.137. The van der Waals surface area contributed by atoms with Crippen LogP contribution in [0, 0.1) is 5.82 Å². The largest absolute Gasteiger partial charge is 0.456 e. The van der Waals surface area contributed by atoms with E-state index in [0.29, 0.717) is 5.58 Å². The van der Waals surface area contributed by atoms with Crippen LogP contribution in [0.1, 0.15) is 35.9 Å². The maximum Gasteiger partial charge on any atom is 0.304 e. The molecule has 0 amide bonds. The summed E-state index contributed by atoms with van der Waals surface area (Å²) >= 11 is 0. The molecule has 0 N–H and O–H groups in total. The van der Waals surface area contributed by atoms with Gasteiger partial charge in [0.05, 0.1) is 14.5 Å². The fraction of sp³-hybridized carbons (Fsp3) is 0.125. The van der Waals surface area contributed by atoms with Crippen molar-refractivity contribution >= 4 is 73.9 Å². The maximum atomic E-state index is 14.3. The van der Waals surface area contributed by atoms with E-state index in [0.717, 1.165) is 114 Å². The average molecular weight is 940 g/mol. The molecule has 0 radical (unpaired) electrons. The van der Waals surface area contributed by atoms with Gasteiger partial charge in [-0.15, -0.1) is 0 Å². The number of benzene rings is 8. The van der Waals surface area contributed by atoms with E-state index in [4.69, 9.17) is 15.4 Å². The minimum Gasteiger partial charge on any atom is -0.456 e. The molecule has 7 heteroatoms. The zero-order valence-electron chi connectivity index (χ0n) is 39.9. The number of fused-ring (bicyclic) bond motifs is 18. The van der Waals surface area contributed by atoms with Crippen molar-refractivity contribution in [2.45, 2.75) is 50.9 Å². The first kappa shape index (κ1) is 41.8. The third-order valence-corrected chi connectivity index (χ3v) is 17.5. The molecule has 0 fully saturated rings. The molecule has 4 aromatic heterocycles. The number of hydrogen-bond donors (Lipinski definition) is 0. The molecule has 0 saturated heterocycles. The number of pyridine rings is 1. The van der Waals surface area contributed by atoms with Crippen molar-refractivity contribution in [3.63, 3.8) is 0 Å². The van der Waals surface area contributed by atoms with Crippen molar-refractivity contribution in [3.8, 4) is 50.6 Å². The predicted molar refractivity (Wildman–Crippen MR) is 289 cm³/mol. The lowest BCUT2D eigenvalue weighted by molar-refractivity contribution is -0.719. The maximum absolute atomic E-state index is 14.3. The lowest BCUT2D eigenvalue weighted by Gasteiger charge is -2.32. The van der Waals surface area contributed by atoms with Gasteiger partial charge in [0, 0.05) is 49.8 Å². The summed E-state index contributed by atoms with van der Waals surface area (Å²) in [5.74, 6) is 0.984. The number of halogens is 1. The first-order valence-electron chi connectivity index (χ1n) is 24.8. The summed E-state index contributed by atoms with van der Waals surface area (Å²) in [5.41, 5.74) is 17.9. The molecule has 12 aromatic rings. The summed E-state index contributed by atoms with van der Waals surface area (Å²) in [6.45, 7) is 12.5. The minimum atomic E-state index is -1.67. The molecular weight excluding hydrogens is 890 g/mol. The molecule has 2 unspecified atom stereocenters. The number of aryl methyl sites for hydroxylation is 1. The van der Waals surface area contributed by atoms with E-state index in [-0.39, 0.29) is 17.8 Å². The van der Waals surface area contributed by atoms with Crippen LogP contribution in [0.2, 0.25) is 19.6 Å². The highest BCUT2D eigenvalue weighted by atomic mass is 28.3. The van der Waals surface area contributed by atoms with E-state index in [2.05, 4.69) is 197 Å². The van der Waals surface area contributed by atoms with Crippen LogP contribution in [0.5, 0.6) is 0 Å². The second-order valence-electron chi connectivity index (χ2n) is 20.6. The number of para-hydroxylation sites is 3. The van der Waals surface area contributed by atoms with E-state index in [1.807, 2.05) is 6.07 Å². The van der Waals surface area contributed by atoms with Gasteiger partial charge < -0.3 is 8.83 Å². The van der Waals surface area contributed by atoms with Gasteiger partial charge in [-0.3, -0.25) is 0 Å². The zero-order valence-corrected chi connectivity index (χ0v) is 40.9. The lowest BCUT2D eigenvalue weighted by Crippen LogP contribution is -2.53. The topological polar surface area (TPSA) is 39.0 Å². The van der Waals surface area contributed by atoms with Crippen molar-refractivity contribution in [3.05, 3.63) is 212 Å². The standard InChI is InChI=1S/C64H50FN3O2Si/c1-39-34-58-49(47-17-8-9-18-48(47)54-32-27-45(38-66(54)58)71(2,3)4)28-22-41-23-31-52-50-29-24-43(42-25-30-51-53-37-44(65)26-33-59(53)69-60(51)35-42)36-61(50)70-63(52)62(41)64-67(39)56-20-12-13-21-57(56)68(64)55-19-11-10-16-46(55)40-14-6-5-7-15-40/h5-21,23-27,29-33,35-38,49,58H,1,22,28,34H2,2-4H3/q+2. The fourth-order valence-corrected chi connectivity index (χ4v) is 13.2. The zero-order chi connectivity index (χ0) is 47.7. The van der Waals surface area contributed by atoms with Crippen molar-refractivity contribution in [1.29, 1.82) is 0 Å². The van der Waals surface area contributed by atoms with E-state index in [9.17, 15) is 4.39 Å². The number of furan rings is 2. The Morgan fingerprint density at radius 3 is 2.14 bits per heavy atom. The molecule has 2 aliphatic rings. The molecule has 71 heavy (non-hydrogen) atoms. The Morgan fingerprint density at radius 2 is 1.32 bits per heavy atom. The molecule has 0 bridgehead atoms. The van der Waals surface area contributed by atoms with Gasteiger partial charge in [0.2, 0.25) is 5.69 Å². The van der Waals surface area contributed by atoms with E-state index >= 15 is 0 Å². The Kier molecular flexibility index (Phi) is 9.24. The second-order valence-corrected chi connectivity index (χ2v) is 25.7. The highest BCUT2D eigenvalue weighted by molar-refractivity contribution is 6.88. The third kappa shape index (κ3) is 6.49. The van der Waals surface area contributed by atoms with Gasteiger partial charge in [-0.1, -0.05) is 135 Å². The molecule has 2 aliphatic heterocycles. The van der Waals surface area contributed by atoms with Gasteiger partial charge in [0.15, 0.2) is 28.9 Å². The van der Waals surface area contributed by atoms with Crippen LogP contribution in [-0.2, 0) is 6.42 Å². The van der Waals surface area contributed by atoms with Crippen molar-refractivity contribution in [1.82, 2.24) is 4.57 Å². The summed E-state index contributed by atoms with van der Waals surface area (Å²) < 4.78 is 35.5. The highest BCUT2D eigenvalue weighted by Crippen LogP contribution is 2.48. The number of hydrogen-bond acceptors (Lipinski definition) is 2. The van der Waals surface area contributed by atoms with E-state index in [1.54, 1.807) is 12.1 Å². The first-order chi connectivity index (χ1) is 34.7. The van der Waals surface area contributed by atoms with Gasteiger partial charge in [-0.2, -0.15) is 13.7 Å². The van der Waals surface area contributed by atoms with E-state index in [1.165, 1.54) is 33.6 Å².